The highest BCUT2D eigenvalue weighted by molar-refractivity contribution is 7.89. The zero-order valence-electron chi connectivity index (χ0n) is 13.0. The maximum absolute atomic E-state index is 12.7. The molecule has 0 aliphatic carbocycles. The fraction of sp³-hybridized carbons (Fsp3) is 0.222. The standard InChI is InChI=1S/C18H17NO3S/c1-4-14-11-15(22-3)7-10-17(14)18-12-19(18)23(20,21)16-8-5-13(2)6-9-16/h1,5-11,18H,12H2,2-3H3. The molecule has 5 heteroatoms. The van der Waals surface area contributed by atoms with E-state index >= 15 is 0 Å². The quantitative estimate of drug-likeness (QED) is 0.641. The predicted octanol–water partition coefficient (Wildman–Crippen LogP) is 2.73. The van der Waals surface area contributed by atoms with E-state index in [1.54, 1.807) is 43.5 Å². The zero-order chi connectivity index (χ0) is 16.6. The number of ether oxygens (including phenoxy) is 1. The monoisotopic (exact) mass is 327 g/mol. The maximum atomic E-state index is 12.7. The average molecular weight is 327 g/mol. The first-order valence-electron chi connectivity index (χ1n) is 7.20. The molecule has 0 aromatic heterocycles. The second kappa shape index (κ2) is 5.73. The SMILES string of the molecule is C#Cc1cc(OC)ccc1C1CN1S(=O)(=O)c1ccc(C)cc1. The zero-order valence-corrected chi connectivity index (χ0v) is 13.8. The number of terminal acetylenes is 1. The molecule has 1 saturated heterocycles. The van der Waals surface area contributed by atoms with E-state index in [4.69, 9.17) is 11.2 Å². The first kappa shape index (κ1) is 15.6. The van der Waals surface area contributed by atoms with Crippen molar-refractivity contribution >= 4 is 10.0 Å². The summed E-state index contributed by atoms with van der Waals surface area (Å²) in [7, 11) is -1.92. The van der Waals surface area contributed by atoms with E-state index in [1.807, 2.05) is 13.0 Å². The number of nitrogens with zero attached hydrogens (tertiary/aromatic N) is 1. The summed E-state index contributed by atoms with van der Waals surface area (Å²) in [6.07, 6.45) is 5.55. The lowest BCUT2D eigenvalue weighted by atomic mass is 10.0. The number of rotatable bonds is 4. The van der Waals surface area contributed by atoms with Gasteiger partial charge in [0.05, 0.1) is 18.0 Å². The summed E-state index contributed by atoms with van der Waals surface area (Å²) >= 11 is 0. The van der Waals surface area contributed by atoms with E-state index in [0.717, 1.165) is 11.1 Å². The Balaban J connectivity index is 1.90. The molecule has 4 nitrogen and oxygen atoms in total. The number of hydrogen-bond donors (Lipinski definition) is 0. The van der Waals surface area contributed by atoms with E-state index in [9.17, 15) is 8.42 Å². The highest BCUT2D eigenvalue weighted by Gasteiger charge is 2.46. The van der Waals surface area contributed by atoms with Crippen molar-refractivity contribution in [3.63, 3.8) is 0 Å². The van der Waals surface area contributed by atoms with E-state index in [-0.39, 0.29) is 6.04 Å². The molecule has 2 unspecified atom stereocenters. The molecule has 118 valence electrons. The van der Waals surface area contributed by atoms with Crippen molar-refractivity contribution in [3.8, 4) is 18.1 Å². The van der Waals surface area contributed by atoms with Crippen LogP contribution in [-0.4, -0.2) is 26.4 Å². The van der Waals surface area contributed by atoms with Gasteiger partial charge in [0.1, 0.15) is 5.75 Å². The van der Waals surface area contributed by atoms with E-state index in [0.29, 0.717) is 22.8 Å². The summed E-state index contributed by atoms with van der Waals surface area (Å²) in [5.41, 5.74) is 2.52. The van der Waals surface area contributed by atoms with Crippen LogP contribution < -0.4 is 4.74 Å². The molecular weight excluding hydrogens is 310 g/mol. The lowest BCUT2D eigenvalue weighted by Crippen LogP contribution is -2.13. The summed E-state index contributed by atoms with van der Waals surface area (Å²) in [4.78, 5) is 0.307. The van der Waals surface area contributed by atoms with Crippen LogP contribution in [0.25, 0.3) is 0 Å². The number of aryl methyl sites for hydroxylation is 1. The highest BCUT2D eigenvalue weighted by Crippen LogP contribution is 2.42. The molecule has 0 saturated carbocycles. The first-order valence-corrected chi connectivity index (χ1v) is 8.64. The molecule has 0 spiro atoms. The van der Waals surface area contributed by atoms with Crippen molar-refractivity contribution in [3.05, 3.63) is 59.2 Å². The first-order chi connectivity index (χ1) is 11.0. The molecule has 1 aliphatic heterocycles. The van der Waals surface area contributed by atoms with Gasteiger partial charge in [0, 0.05) is 12.1 Å². The number of benzene rings is 2. The van der Waals surface area contributed by atoms with Gasteiger partial charge in [-0.1, -0.05) is 29.7 Å². The average Bonchev–Trinajstić information content (AvgIpc) is 3.36. The predicted molar refractivity (Wildman–Crippen MR) is 88.7 cm³/mol. The van der Waals surface area contributed by atoms with Crippen LogP contribution in [0, 0.1) is 19.3 Å². The second-order valence-corrected chi connectivity index (χ2v) is 7.39. The lowest BCUT2D eigenvalue weighted by molar-refractivity contribution is 0.414. The van der Waals surface area contributed by atoms with E-state index in [2.05, 4.69) is 5.92 Å². The van der Waals surface area contributed by atoms with Crippen LogP contribution in [0.15, 0.2) is 47.4 Å². The van der Waals surface area contributed by atoms with Gasteiger partial charge in [-0.2, -0.15) is 4.31 Å². The normalized spacial score (nSPS) is 19.9. The molecule has 1 fully saturated rings. The highest BCUT2D eigenvalue weighted by atomic mass is 32.2. The van der Waals surface area contributed by atoms with Gasteiger partial charge < -0.3 is 4.74 Å². The molecule has 0 bridgehead atoms. The Morgan fingerprint density at radius 3 is 2.52 bits per heavy atom. The minimum atomic E-state index is -3.49. The molecule has 1 aliphatic rings. The lowest BCUT2D eigenvalue weighted by Gasteiger charge is -2.09. The molecule has 2 aromatic rings. The van der Waals surface area contributed by atoms with Crippen LogP contribution in [0.4, 0.5) is 0 Å². The van der Waals surface area contributed by atoms with Crippen molar-refractivity contribution in [2.75, 3.05) is 13.7 Å². The molecular formula is C18H17NO3S. The second-order valence-electron chi connectivity index (χ2n) is 5.50. The maximum Gasteiger partial charge on any atom is 0.243 e. The number of hydrogen-bond acceptors (Lipinski definition) is 3. The van der Waals surface area contributed by atoms with Gasteiger partial charge in [0.15, 0.2) is 0 Å². The summed E-state index contributed by atoms with van der Waals surface area (Å²) < 4.78 is 31.9. The third-order valence-corrected chi connectivity index (χ3v) is 5.86. The summed E-state index contributed by atoms with van der Waals surface area (Å²) in [6, 6.07) is 12.0. The molecule has 0 amide bonds. The van der Waals surface area contributed by atoms with Crippen LogP contribution in [0.3, 0.4) is 0 Å². The van der Waals surface area contributed by atoms with Gasteiger partial charge in [-0.3, -0.25) is 0 Å². The molecule has 23 heavy (non-hydrogen) atoms. The van der Waals surface area contributed by atoms with E-state index < -0.39 is 10.0 Å². The molecule has 2 aromatic carbocycles. The van der Waals surface area contributed by atoms with Gasteiger partial charge in [-0.15, -0.1) is 6.42 Å². The van der Waals surface area contributed by atoms with Gasteiger partial charge in [-0.25, -0.2) is 8.42 Å². The minimum Gasteiger partial charge on any atom is -0.497 e. The van der Waals surface area contributed by atoms with Crippen LogP contribution >= 0.6 is 0 Å². The summed E-state index contributed by atoms with van der Waals surface area (Å²) in [5, 5.41) is 0. The van der Waals surface area contributed by atoms with Crippen LogP contribution in [-0.2, 0) is 10.0 Å². The fourth-order valence-corrected chi connectivity index (χ4v) is 4.10. The van der Waals surface area contributed by atoms with Gasteiger partial charge in [0.2, 0.25) is 10.0 Å². The topological polar surface area (TPSA) is 46.4 Å². The Hall–Kier alpha value is -2.29. The molecule has 2 atom stereocenters. The van der Waals surface area contributed by atoms with Crippen LogP contribution in [0.1, 0.15) is 22.7 Å². The van der Waals surface area contributed by atoms with Crippen molar-refractivity contribution in [2.45, 2.75) is 17.9 Å². The van der Waals surface area contributed by atoms with Crippen molar-refractivity contribution in [2.24, 2.45) is 0 Å². The van der Waals surface area contributed by atoms with Gasteiger partial charge in [0.25, 0.3) is 0 Å². The largest absolute Gasteiger partial charge is 0.497 e. The fourth-order valence-electron chi connectivity index (χ4n) is 2.57. The smallest absolute Gasteiger partial charge is 0.243 e. The number of sulfonamides is 1. The molecule has 0 N–H and O–H groups in total. The Kier molecular flexibility index (Phi) is 3.88. The summed E-state index contributed by atoms with van der Waals surface area (Å²) in [6.45, 7) is 2.37. The third-order valence-electron chi connectivity index (χ3n) is 3.97. The van der Waals surface area contributed by atoms with Gasteiger partial charge >= 0.3 is 0 Å². The molecule has 0 radical (unpaired) electrons. The van der Waals surface area contributed by atoms with Crippen molar-refractivity contribution < 1.29 is 13.2 Å². The molecule has 1 heterocycles. The Labute approximate surface area is 136 Å². The van der Waals surface area contributed by atoms with Crippen molar-refractivity contribution in [1.82, 2.24) is 4.31 Å². The molecule has 3 rings (SSSR count). The Morgan fingerprint density at radius 2 is 1.91 bits per heavy atom. The van der Waals surface area contributed by atoms with Crippen LogP contribution in [0.2, 0.25) is 0 Å². The van der Waals surface area contributed by atoms with Crippen molar-refractivity contribution in [1.29, 1.82) is 0 Å². The van der Waals surface area contributed by atoms with Crippen LogP contribution in [0.5, 0.6) is 5.75 Å². The Bertz CT molecular complexity index is 879. The third kappa shape index (κ3) is 2.83. The Morgan fingerprint density at radius 1 is 1.22 bits per heavy atom. The number of methoxy groups -OCH3 is 1. The van der Waals surface area contributed by atoms with Gasteiger partial charge in [-0.05, 0) is 36.8 Å². The van der Waals surface area contributed by atoms with E-state index in [1.165, 1.54) is 4.31 Å². The summed E-state index contributed by atoms with van der Waals surface area (Å²) in [5.74, 6) is 3.27. The minimum absolute atomic E-state index is 0.210.